The minimum absolute atomic E-state index is 0.199. The van der Waals surface area contributed by atoms with Gasteiger partial charge in [-0.3, -0.25) is 14.6 Å². The lowest BCUT2D eigenvalue weighted by Crippen LogP contribution is -2.22. The van der Waals surface area contributed by atoms with Crippen molar-refractivity contribution in [2.45, 2.75) is 0 Å². The van der Waals surface area contributed by atoms with E-state index in [-0.39, 0.29) is 16.9 Å². The highest BCUT2D eigenvalue weighted by Crippen LogP contribution is 2.26. The van der Waals surface area contributed by atoms with Crippen molar-refractivity contribution < 1.29 is 0 Å². The molecule has 5 heteroatoms. The summed E-state index contributed by atoms with van der Waals surface area (Å²) in [6.07, 6.45) is 0. The molecule has 5 rings (SSSR count). The summed E-state index contributed by atoms with van der Waals surface area (Å²) in [5, 5.41) is 0.972. The van der Waals surface area contributed by atoms with Crippen LogP contribution in [0.2, 0.25) is 0 Å². The molecule has 1 N–H and O–H groups in total. The van der Waals surface area contributed by atoms with Crippen LogP contribution in [-0.2, 0) is 0 Å². The van der Waals surface area contributed by atoms with E-state index in [0.717, 1.165) is 11.1 Å². The number of rotatable bonds is 1. The largest absolute Gasteiger partial charge is 0.291 e. The van der Waals surface area contributed by atoms with Crippen LogP contribution in [0.5, 0.6) is 0 Å². The molecule has 26 heavy (non-hydrogen) atoms. The molecular formula is C21H13N3O2. The molecule has 0 aliphatic carbocycles. The van der Waals surface area contributed by atoms with Crippen molar-refractivity contribution >= 4 is 27.6 Å². The predicted molar refractivity (Wildman–Crippen MR) is 103 cm³/mol. The van der Waals surface area contributed by atoms with Crippen LogP contribution < -0.4 is 11.1 Å². The fourth-order valence-electron chi connectivity index (χ4n) is 3.41. The van der Waals surface area contributed by atoms with E-state index in [2.05, 4.69) is 9.97 Å². The SMILES string of the molecule is O=c1[nH]c2nc3ccccc3c(=O)n2c2c(-c3ccccc3)cccc12. The van der Waals surface area contributed by atoms with E-state index in [0.29, 0.717) is 21.8 Å². The number of para-hydroxylation sites is 2. The Kier molecular flexibility index (Phi) is 3.03. The Morgan fingerprint density at radius 3 is 2.35 bits per heavy atom. The third-order valence-corrected chi connectivity index (χ3v) is 4.59. The van der Waals surface area contributed by atoms with Crippen LogP contribution in [0, 0.1) is 0 Å². The molecule has 2 heterocycles. The smallest absolute Gasteiger partial charge is 0.267 e. The molecule has 0 aliphatic rings. The fourth-order valence-corrected chi connectivity index (χ4v) is 3.41. The standard InChI is InChI=1S/C21H13N3O2/c25-19-16-11-6-10-14(13-7-2-1-3-8-13)18(16)24-20(26)15-9-4-5-12-17(15)22-21(24)23-19/h1-12H,(H,22,23,25). The Morgan fingerprint density at radius 2 is 1.50 bits per heavy atom. The van der Waals surface area contributed by atoms with Crippen molar-refractivity contribution in [2.75, 3.05) is 0 Å². The molecular weight excluding hydrogens is 326 g/mol. The van der Waals surface area contributed by atoms with Gasteiger partial charge in [-0.15, -0.1) is 0 Å². The molecule has 3 aromatic carbocycles. The van der Waals surface area contributed by atoms with Gasteiger partial charge >= 0.3 is 0 Å². The van der Waals surface area contributed by atoms with Crippen molar-refractivity contribution in [3.05, 3.63) is 93.5 Å². The van der Waals surface area contributed by atoms with Crippen LogP contribution in [0.1, 0.15) is 0 Å². The number of hydrogen-bond donors (Lipinski definition) is 1. The van der Waals surface area contributed by atoms with Gasteiger partial charge < -0.3 is 0 Å². The Hall–Kier alpha value is -3.73. The number of aromatic amines is 1. The lowest BCUT2D eigenvalue weighted by Gasteiger charge is -2.11. The van der Waals surface area contributed by atoms with Crippen LogP contribution in [0.25, 0.3) is 38.7 Å². The summed E-state index contributed by atoms with van der Waals surface area (Å²) in [7, 11) is 0. The molecule has 5 aromatic rings. The third-order valence-electron chi connectivity index (χ3n) is 4.59. The topological polar surface area (TPSA) is 67.2 Å². The molecule has 2 aromatic heterocycles. The minimum Gasteiger partial charge on any atom is -0.291 e. The van der Waals surface area contributed by atoms with Crippen molar-refractivity contribution in [3.8, 4) is 11.1 Å². The zero-order chi connectivity index (χ0) is 17.7. The maximum atomic E-state index is 13.2. The lowest BCUT2D eigenvalue weighted by molar-refractivity contribution is 1.05. The van der Waals surface area contributed by atoms with Crippen LogP contribution >= 0.6 is 0 Å². The van der Waals surface area contributed by atoms with Crippen molar-refractivity contribution in [1.82, 2.24) is 14.4 Å². The van der Waals surface area contributed by atoms with E-state index >= 15 is 0 Å². The van der Waals surface area contributed by atoms with Crippen molar-refractivity contribution in [3.63, 3.8) is 0 Å². The highest BCUT2D eigenvalue weighted by atomic mass is 16.1. The second kappa shape index (κ2) is 5.39. The monoisotopic (exact) mass is 339 g/mol. The first kappa shape index (κ1) is 14.6. The summed E-state index contributed by atoms with van der Waals surface area (Å²) in [6.45, 7) is 0. The molecule has 0 aliphatic heterocycles. The van der Waals surface area contributed by atoms with E-state index in [9.17, 15) is 9.59 Å². The van der Waals surface area contributed by atoms with Gasteiger partial charge in [-0.2, -0.15) is 0 Å². The van der Waals surface area contributed by atoms with Gasteiger partial charge in [-0.1, -0.05) is 54.6 Å². The maximum absolute atomic E-state index is 13.2. The van der Waals surface area contributed by atoms with Crippen molar-refractivity contribution in [2.24, 2.45) is 0 Å². The molecule has 124 valence electrons. The van der Waals surface area contributed by atoms with E-state index < -0.39 is 0 Å². The van der Waals surface area contributed by atoms with Gasteiger partial charge in [0.2, 0.25) is 5.78 Å². The number of benzene rings is 3. The summed E-state index contributed by atoms with van der Waals surface area (Å²) >= 11 is 0. The highest BCUT2D eigenvalue weighted by molar-refractivity contribution is 5.95. The van der Waals surface area contributed by atoms with Gasteiger partial charge in [0.15, 0.2) is 0 Å². The number of aromatic nitrogens is 3. The molecule has 0 atom stereocenters. The van der Waals surface area contributed by atoms with E-state index in [1.165, 1.54) is 4.40 Å². The molecule has 0 unspecified atom stereocenters. The first-order valence-electron chi connectivity index (χ1n) is 8.26. The molecule has 5 nitrogen and oxygen atoms in total. The van der Waals surface area contributed by atoms with Gasteiger partial charge in [0.1, 0.15) is 0 Å². The summed E-state index contributed by atoms with van der Waals surface area (Å²) in [6, 6.07) is 22.3. The van der Waals surface area contributed by atoms with Gasteiger partial charge in [-0.05, 0) is 23.8 Å². The Bertz CT molecular complexity index is 1420. The molecule has 0 spiro atoms. The molecule has 0 amide bonds. The summed E-state index contributed by atoms with van der Waals surface area (Å²) < 4.78 is 1.50. The Balaban J connectivity index is 2.10. The molecule has 0 saturated carbocycles. The number of nitrogens with one attached hydrogen (secondary N) is 1. The first-order valence-corrected chi connectivity index (χ1v) is 8.26. The second-order valence-corrected chi connectivity index (χ2v) is 6.12. The van der Waals surface area contributed by atoms with E-state index in [4.69, 9.17) is 0 Å². The number of hydrogen-bond acceptors (Lipinski definition) is 3. The molecule has 0 fully saturated rings. The van der Waals surface area contributed by atoms with Gasteiger partial charge in [0, 0.05) is 5.56 Å². The van der Waals surface area contributed by atoms with Crippen molar-refractivity contribution in [1.29, 1.82) is 0 Å². The van der Waals surface area contributed by atoms with Gasteiger partial charge in [0.05, 0.1) is 21.8 Å². The van der Waals surface area contributed by atoms with Crippen LogP contribution in [0.4, 0.5) is 0 Å². The van der Waals surface area contributed by atoms with E-state index in [1.54, 1.807) is 18.2 Å². The normalized spacial score (nSPS) is 11.4. The fraction of sp³-hybridized carbons (Fsp3) is 0. The Morgan fingerprint density at radius 1 is 0.769 bits per heavy atom. The maximum Gasteiger partial charge on any atom is 0.267 e. The highest BCUT2D eigenvalue weighted by Gasteiger charge is 2.14. The lowest BCUT2D eigenvalue weighted by atomic mass is 10.0. The summed E-state index contributed by atoms with van der Waals surface area (Å²) in [4.78, 5) is 33.0. The average Bonchev–Trinajstić information content (AvgIpc) is 2.68. The van der Waals surface area contributed by atoms with Gasteiger partial charge in [0.25, 0.3) is 11.1 Å². The second-order valence-electron chi connectivity index (χ2n) is 6.12. The summed E-state index contributed by atoms with van der Waals surface area (Å²) in [5.74, 6) is 0.245. The zero-order valence-electron chi connectivity index (χ0n) is 13.6. The minimum atomic E-state index is -0.264. The summed E-state index contributed by atoms with van der Waals surface area (Å²) in [5.41, 5.74) is 2.42. The predicted octanol–water partition coefficient (Wildman–Crippen LogP) is 3.36. The van der Waals surface area contributed by atoms with Crippen LogP contribution in [0.15, 0.2) is 82.4 Å². The van der Waals surface area contributed by atoms with E-state index in [1.807, 2.05) is 54.6 Å². The average molecular weight is 339 g/mol. The quantitative estimate of drug-likeness (QED) is 0.376. The first-order chi connectivity index (χ1) is 12.7. The third kappa shape index (κ3) is 2.01. The van der Waals surface area contributed by atoms with Crippen LogP contribution in [0.3, 0.4) is 0 Å². The Labute approximate surface area is 147 Å². The van der Waals surface area contributed by atoms with Crippen LogP contribution in [-0.4, -0.2) is 14.4 Å². The number of H-pyrrole nitrogens is 1. The van der Waals surface area contributed by atoms with Gasteiger partial charge in [-0.25, -0.2) is 9.38 Å². The molecule has 0 bridgehead atoms. The molecule has 0 radical (unpaired) electrons. The number of fused-ring (bicyclic) bond motifs is 4. The zero-order valence-corrected chi connectivity index (χ0v) is 13.6. The molecule has 0 saturated heterocycles. The number of nitrogens with zero attached hydrogens (tertiary/aromatic N) is 2.